The first-order valence-corrected chi connectivity index (χ1v) is 6.12. The average Bonchev–Trinajstić information content (AvgIpc) is 2.34. The molecule has 0 bridgehead atoms. The van der Waals surface area contributed by atoms with Gasteiger partial charge >= 0.3 is 6.03 Å². The van der Waals surface area contributed by atoms with Crippen molar-refractivity contribution >= 4 is 11.7 Å². The first-order valence-electron chi connectivity index (χ1n) is 6.12. The zero-order chi connectivity index (χ0) is 13.1. The second-order valence-electron chi connectivity index (χ2n) is 4.70. The molecule has 2 N–H and O–H groups in total. The molecular formula is C13H18FN3O. The number of carbonyl (C=O) groups excluding carboxylic acids is 1. The van der Waals surface area contributed by atoms with Gasteiger partial charge in [0.25, 0.3) is 0 Å². The van der Waals surface area contributed by atoms with Gasteiger partial charge in [0.2, 0.25) is 0 Å². The number of nitrogens with zero attached hydrogens (tertiary/aromatic N) is 1. The lowest BCUT2D eigenvalue weighted by molar-refractivity contribution is 0.192. The largest absolute Gasteiger partial charge is 0.322 e. The van der Waals surface area contributed by atoms with Crippen LogP contribution in [-0.4, -0.2) is 36.6 Å². The lowest BCUT2D eigenvalue weighted by Gasteiger charge is -2.31. The Balaban J connectivity index is 2.00. The summed E-state index contributed by atoms with van der Waals surface area (Å²) >= 11 is 0. The van der Waals surface area contributed by atoms with E-state index in [0.29, 0.717) is 30.4 Å². The van der Waals surface area contributed by atoms with Gasteiger partial charge in [-0.2, -0.15) is 0 Å². The van der Waals surface area contributed by atoms with Gasteiger partial charge < -0.3 is 15.5 Å². The number of nitrogens with one attached hydrogen (secondary N) is 2. The topological polar surface area (TPSA) is 44.4 Å². The summed E-state index contributed by atoms with van der Waals surface area (Å²) in [6.07, 6.45) is 0. The van der Waals surface area contributed by atoms with Gasteiger partial charge in [0.05, 0.1) is 0 Å². The number of piperazine rings is 1. The van der Waals surface area contributed by atoms with Crippen molar-refractivity contribution in [3.63, 3.8) is 0 Å². The van der Waals surface area contributed by atoms with E-state index in [1.54, 1.807) is 24.0 Å². The fraction of sp³-hybridized carbons (Fsp3) is 0.462. The first-order chi connectivity index (χ1) is 8.56. The van der Waals surface area contributed by atoms with Gasteiger partial charge in [0.15, 0.2) is 0 Å². The number of urea groups is 1. The summed E-state index contributed by atoms with van der Waals surface area (Å²) in [7, 11) is 0. The summed E-state index contributed by atoms with van der Waals surface area (Å²) in [5.74, 6) is -0.304. The standard InChI is InChI=1S/C13H18FN3O/c1-9-3-4-11(7-12(9)14)16-13(18)17-6-5-15-10(2)8-17/h3-4,7,10,15H,5-6,8H2,1-2H3,(H,16,18). The van der Waals surface area contributed by atoms with Crippen molar-refractivity contribution < 1.29 is 9.18 Å². The molecule has 4 nitrogen and oxygen atoms in total. The summed E-state index contributed by atoms with van der Waals surface area (Å²) in [6, 6.07) is 4.83. The fourth-order valence-electron chi connectivity index (χ4n) is 1.99. The lowest BCUT2D eigenvalue weighted by atomic mass is 10.2. The highest BCUT2D eigenvalue weighted by Crippen LogP contribution is 2.14. The number of rotatable bonds is 1. The number of carbonyl (C=O) groups is 1. The van der Waals surface area contributed by atoms with E-state index in [4.69, 9.17) is 0 Å². The van der Waals surface area contributed by atoms with Crippen LogP contribution in [0.4, 0.5) is 14.9 Å². The predicted octanol–water partition coefficient (Wildman–Crippen LogP) is 1.96. The highest BCUT2D eigenvalue weighted by Gasteiger charge is 2.20. The molecule has 1 aromatic carbocycles. The number of benzene rings is 1. The average molecular weight is 251 g/mol. The molecule has 0 aliphatic carbocycles. The Hall–Kier alpha value is -1.62. The van der Waals surface area contributed by atoms with Crippen LogP contribution in [0.15, 0.2) is 18.2 Å². The van der Waals surface area contributed by atoms with Crippen LogP contribution in [0.3, 0.4) is 0 Å². The SMILES string of the molecule is Cc1ccc(NC(=O)N2CCNC(C)C2)cc1F. The van der Waals surface area contributed by atoms with Crippen molar-refractivity contribution in [2.24, 2.45) is 0 Å². The summed E-state index contributed by atoms with van der Waals surface area (Å²) in [5, 5.41) is 5.99. The summed E-state index contributed by atoms with van der Waals surface area (Å²) < 4.78 is 13.4. The Labute approximate surface area is 106 Å². The number of hydrogen-bond acceptors (Lipinski definition) is 2. The minimum absolute atomic E-state index is 0.174. The number of amides is 2. The molecular weight excluding hydrogens is 233 g/mol. The molecule has 18 heavy (non-hydrogen) atoms. The van der Waals surface area contributed by atoms with E-state index < -0.39 is 0 Å². The second-order valence-corrected chi connectivity index (χ2v) is 4.70. The Morgan fingerprint density at radius 3 is 3.00 bits per heavy atom. The highest BCUT2D eigenvalue weighted by atomic mass is 19.1. The molecule has 2 amide bonds. The van der Waals surface area contributed by atoms with Gasteiger partial charge in [-0.25, -0.2) is 9.18 Å². The maximum atomic E-state index is 13.4. The van der Waals surface area contributed by atoms with Crippen molar-refractivity contribution in [3.05, 3.63) is 29.6 Å². The second kappa shape index (κ2) is 5.35. The van der Waals surface area contributed by atoms with Crippen molar-refractivity contribution in [3.8, 4) is 0 Å². The van der Waals surface area contributed by atoms with E-state index in [0.717, 1.165) is 6.54 Å². The molecule has 1 saturated heterocycles. The van der Waals surface area contributed by atoms with Crippen LogP contribution in [0, 0.1) is 12.7 Å². The van der Waals surface area contributed by atoms with Crippen LogP contribution < -0.4 is 10.6 Å². The van der Waals surface area contributed by atoms with Crippen LogP contribution in [0.2, 0.25) is 0 Å². The molecule has 0 saturated carbocycles. The molecule has 98 valence electrons. The smallest absolute Gasteiger partial charge is 0.321 e. The molecule has 0 radical (unpaired) electrons. The number of hydrogen-bond donors (Lipinski definition) is 2. The van der Waals surface area contributed by atoms with Crippen molar-refractivity contribution in [2.45, 2.75) is 19.9 Å². The van der Waals surface area contributed by atoms with Crippen LogP contribution >= 0.6 is 0 Å². The number of halogens is 1. The van der Waals surface area contributed by atoms with E-state index in [1.165, 1.54) is 6.07 Å². The van der Waals surface area contributed by atoms with Crippen LogP contribution in [0.1, 0.15) is 12.5 Å². The van der Waals surface area contributed by atoms with Gasteiger partial charge in [-0.3, -0.25) is 0 Å². The molecule has 1 heterocycles. The minimum Gasteiger partial charge on any atom is -0.322 e. The van der Waals surface area contributed by atoms with Gasteiger partial charge in [0.1, 0.15) is 5.82 Å². The molecule has 1 unspecified atom stereocenters. The van der Waals surface area contributed by atoms with Crippen molar-refractivity contribution in [2.75, 3.05) is 25.0 Å². The molecule has 1 fully saturated rings. The third-order valence-electron chi connectivity index (χ3n) is 3.08. The zero-order valence-electron chi connectivity index (χ0n) is 10.7. The van der Waals surface area contributed by atoms with Crippen molar-refractivity contribution in [1.29, 1.82) is 0 Å². The van der Waals surface area contributed by atoms with Crippen LogP contribution in [0.25, 0.3) is 0 Å². The molecule has 1 atom stereocenters. The van der Waals surface area contributed by atoms with Gasteiger partial charge in [-0.05, 0) is 31.5 Å². The Morgan fingerprint density at radius 2 is 2.33 bits per heavy atom. The van der Waals surface area contributed by atoms with E-state index in [9.17, 15) is 9.18 Å². The van der Waals surface area contributed by atoms with E-state index >= 15 is 0 Å². The third-order valence-corrected chi connectivity index (χ3v) is 3.08. The number of aryl methyl sites for hydroxylation is 1. The van der Waals surface area contributed by atoms with E-state index in [1.807, 2.05) is 6.92 Å². The third kappa shape index (κ3) is 2.98. The normalized spacial score (nSPS) is 19.7. The van der Waals surface area contributed by atoms with Crippen molar-refractivity contribution in [1.82, 2.24) is 10.2 Å². The summed E-state index contributed by atoms with van der Waals surface area (Å²) in [5.41, 5.74) is 1.07. The van der Waals surface area contributed by atoms with Gasteiger partial charge in [-0.1, -0.05) is 6.07 Å². The van der Waals surface area contributed by atoms with E-state index in [2.05, 4.69) is 10.6 Å². The van der Waals surface area contributed by atoms with Crippen LogP contribution in [-0.2, 0) is 0 Å². The predicted molar refractivity (Wildman–Crippen MR) is 69.2 cm³/mol. The molecule has 1 aliphatic rings. The van der Waals surface area contributed by atoms with Gasteiger partial charge in [-0.15, -0.1) is 0 Å². The molecule has 1 aliphatic heterocycles. The first kappa shape index (κ1) is 12.8. The number of anilines is 1. The molecule has 0 aromatic heterocycles. The Bertz CT molecular complexity index is 450. The quantitative estimate of drug-likeness (QED) is 0.801. The van der Waals surface area contributed by atoms with E-state index in [-0.39, 0.29) is 11.8 Å². The molecule has 0 spiro atoms. The molecule has 5 heteroatoms. The monoisotopic (exact) mass is 251 g/mol. The minimum atomic E-state index is -0.304. The molecule has 1 aromatic rings. The zero-order valence-corrected chi connectivity index (χ0v) is 10.7. The maximum absolute atomic E-state index is 13.4. The maximum Gasteiger partial charge on any atom is 0.321 e. The summed E-state index contributed by atoms with van der Waals surface area (Å²) in [4.78, 5) is 13.7. The molecule has 2 rings (SSSR count). The highest BCUT2D eigenvalue weighted by molar-refractivity contribution is 5.89. The summed E-state index contributed by atoms with van der Waals surface area (Å²) in [6.45, 7) is 5.85. The fourth-order valence-corrected chi connectivity index (χ4v) is 1.99. The lowest BCUT2D eigenvalue weighted by Crippen LogP contribution is -2.52. The van der Waals surface area contributed by atoms with Crippen LogP contribution in [0.5, 0.6) is 0 Å². The van der Waals surface area contributed by atoms with Gasteiger partial charge in [0, 0.05) is 31.4 Å². The Kier molecular flexibility index (Phi) is 3.81. The Morgan fingerprint density at radius 1 is 1.56 bits per heavy atom.